The smallest absolute Gasteiger partial charge is 0.238 e. The number of methoxy groups -OCH3 is 2. The lowest BCUT2D eigenvalue weighted by Gasteiger charge is -2.34. The number of benzene rings is 1. The summed E-state index contributed by atoms with van der Waals surface area (Å²) < 4.78 is 10.5. The fourth-order valence-corrected chi connectivity index (χ4v) is 3.12. The van der Waals surface area contributed by atoms with Crippen LogP contribution in [0.5, 0.6) is 11.5 Å². The van der Waals surface area contributed by atoms with Gasteiger partial charge in [0.05, 0.1) is 32.1 Å². The van der Waals surface area contributed by atoms with E-state index in [9.17, 15) is 4.79 Å². The highest BCUT2D eigenvalue weighted by molar-refractivity contribution is 5.93. The molecular weight excluding hydrogens is 344 g/mol. The number of hydrogen-bond donors (Lipinski definition) is 1. The molecule has 1 N–H and O–H groups in total. The van der Waals surface area contributed by atoms with Crippen LogP contribution in [0.15, 0.2) is 42.6 Å². The largest absolute Gasteiger partial charge is 0.497 e. The quantitative estimate of drug-likeness (QED) is 0.802. The van der Waals surface area contributed by atoms with E-state index in [2.05, 4.69) is 20.1 Å². The van der Waals surface area contributed by atoms with E-state index in [0.717, 1.165) is 38.4 Å². The van der Waals surface area contributed by atoms with E-state index in [4.69, 9.17) is 9.47 Å². The Bertz CT molecular complexity index is 746. The minimum atomic E-state index is -0.0448. The van der Waals surface area contributed by atoms with Crippen LogP contribution in [0.2, 0.25) is 0 Å². The Balaban J connectivity index is 1.47. The molecule has 0 unspecified atom stereocenters. The van der Waals surface area contributed by atoms with E-state index in [-0.39, 0.29) is 5.91 Å². The zero-order valence-electron chi connectivity index (χ0n) is 15.9. The Hall–Kier alpha value is -2.64. The summed E-state index contributed by atoms with van der Waals surface area (Å²) >= 11 is 0. The second-order valence-corrected chi connectivity index (χ2v) is 6.49. The van der Waals surface area contributed by atoms with Crippen LogP contribution >= 0.6 is 0 Å². The van der Waals surface area contributed by atoms with Crippen LogP contribution in [0.3, 0.4) is 0 Å². The van der Waals surface area contributed by atoms with Gasteiger partial charge in [-0.15, -0.1) is 0 Å². The first-order valence-electron chi connectivity index (χ1n) is 9.04. The number of ether oxygens (including phenoxy) is 2. The molecule has 0 atom stereocenters. The van der Waals surface area contributed by atoms with E-state index < -0.39 is 0 Å². The lowest BCUT2D eigenvalue weighted by atomic mass is 10.2. The van der Waals surface area contributed by atoms with Crippen molar-refractivity contribution >= 4 is 11.6 Å². The maximum Gasteiger partial charge on any atom is 0.238 e. The normalized spacial score (nSPS) is 15.3. The summed E-state index contributed by atoms with van der Waals surface area (Å²) in [4.78, 5) is 21.3. The van der Waals surface area contributed by atoms with Crippen molar-refractivity contribution in [3.63, 3.8) is 0 Å². The third-order valence-electron chi connectivity index (χ3n) is 4.63. The molecule has 0 bridgehead atoms. The van der Waals surface area contributed by atoms with Crippen molar-refractivity contribution in [1.29, 1.82) is 0 Å². The highest BCUT2D eigenvalue weighted by Gasteiger charge is 2.20. The predicted octanol–water partition coefficient (Wildman–Crippen LogP) is 1.86. The molecule has 7 nitrogen and oxygen atoms in total. The van der Waals surface area contributed by atoms with Gasteiger partial charge in [-0.1, -0.05) is 6.07 Å². The molecule has 0 aliphatic carbocycles. The molecule has 1 aromatic carbocycles. The molecule has 0 saturated carbocycles. The van der Waals surface area contributed by atoms with E-state index in [1.807, 2.05) is 24.4 Å². The van der Waals surface area contributed by atoms with Crippen molar-refractivity contribution in [2.24, 2.45) is 0 Å². The van der Waals surface area contributed by atoms with Gasteiger partial charge < -0.3 is 14.8 Å². The van der Waals surface area contributed by atoms with Crippen LogP contribution in [-0.4, -0.2) is 67.6 Å². The maximum atomic E-state index is 12.4. The molecule has 1 aliphatic rings. The highest BCUT2D eigenvalue weighted by atomic mass is 16.5. The summed E-state index contributed by atoms with van der Waals surface area (Å²) in [5.41, 5.74) is 1.73. The first-order valence-corrected chi connectivity index (χ1v) is 9.04. The zero-order valence-corrected chi connectivity index (χ0v) is 15.9. The van der Waals surface area contributed by atoms with Crippen molar-refractivity contribution < 1.29 is 14.3 Å². The SMILES string of the molecule is COc1ccc(NC(=O)CN2CCN(Cc3ccccn3)CC2)c(OC)c1. The Kier molecular flexibility index (Phi) is 6.62. The van der Waals surface area contributed by atoms with E-state index in [1.165, 1.54) is 0 Å². The fraction of sp³-hybridized carbons (Fsp3) is 0.400. The molecule has 0 spiro atoms. The minimum Gasteiger partial charge on any atom is -0.497 e. The van der Waals surface area contributed by atoms with Gasteiger partial charge >= 0.3 is 0 Å². The molecule has 3 rings (SSSR count). The van der Waals surface area contributed by atoms with Crippen molar-refractivity contribution in [3.05, 3.63) is 48.3 Å². The topological polar surface area (TPSA) is 66.9 Å². The number of pyridine rings is 1. The standard InChI is InChI=1S/C20H26N4O3/c1-26-17-6-7-18(19(13-17)27-2)22-20(25)15-24-11-9-23(10-12-24)14-16-5-3-4-8-21-16/h3-8,13H,9-12,14-15H2,1-2H3,(H,22,25). The number of carbonyl (C=O) groups is 1. The third kappa shape index (κ3) is 5.42. The summed E-state index contributed by atoms with van der Waals surface area (Å²) in [6.45, 7) is 4.79. The van der Waals surface area contributed by atoms with Crippen molar-refractivity contribution in [2.45, 2.75) is 6.54 Å². The third-order valence-corrected chi connectivity index (χ3v) is 4.63. The van der Waals surface area contributed by atoms with Crippen molar-refractivity contribution in [3.8, 4) is 11.5 Å². The molecule has 2 aromatic rings. The molecule has 7 heteroatoms. The molecule has 1 aromatic heterocycles. The van der Waals surface area contributed by atoms with Gasteiger partial charge in [0, 0.05) is 45.0 Å². The molecule has 0 radical (unpaired) electrons. The Morgan fingerprint density at radius 3 is 2.52 bits per heavy atom. The van der Waals surface area contributed by atoms with Gasteiger partial charge in [-0.05, 0) is 24.3 Å². The molecule has 1 fully saturated rings. The lowest BCUT2D eigenvalue weighted by molar-refractivity contribution is -0.117. The van der Waals surface area contributed by atoms with Crippen LogP contribution in [0, 0.1) is 0 Å². The molecular formula is C20H26N4O3. The number of aromatic nitrogens is 1. The minimum absolute atomic E-state index is 0.0448. The average Bonchev–Trinajstić information content (AvgIpc) is 2.70. The van der Waals surface area contributed by atoms with Gasteiger partial charge in [0.2, 0.25) is 5.91 Å². The van der Waals surface area contributed by atoms with Gasteiger partial charge in [-0.2, -0.15) is 0 Å². The van der Waals surface area contributed by atoms with Crippen LogP contribution < -0.4 is 14.8 Å². The Morgan fingerprint density at radius 1 is 1.07 bits per heavy atom. The van der Waals surface area contributed by atoms with Gasteiger partial charge in [0.25, 0.3) is 0 Å². The number of nitrogens with one attached hydrogen (secondary N) is 1. The highest BCUT2D eigenvalue weighted by Crippen LogP contribution is 2.28. The van der Waals surface area contributed by atoms with E-state index in [0.29, 0.717) is 23.7 Å². The summed E-state index contributed by atoms with van der Waals surface area (Å²) in [5, 5.41) is 2.93. The Morgan fingerprint density at radius 2 is 1.85 bits per heavy atom. The molecule has 1 aliphatic heterocycles. The average molecular weight is 370 g/mol. The van der Waals surface area contributed by atoms with Crippen LogP contribution in [0.4, 0.5) is 5.69 Å². The number of hydrogen-bond acceptors (Lipinski definition) is 6. The second-order valence-electron chi connectivity index (χ2n) is 6.49. The second kappa shape index (κ2) is 9.34. The number of piperazine rings is 1. The van der Waals surface area contributed by atoms with E-state index >= 15 is 0 Å². The molecule has 2 heterocycles. The number of rotatable bonds is 7. The first kappa shape index (κ1) is 19.1. The summed E-state index contributed by atoms with van der Waals surface area (Å²) in [7, 11) is 3.17. The van der Waals surface area contributed by atoms with Gasteiger partial charge in [0.15, 0.2) is 0 Å². The fourth-order valence-electron chi connectivity index (χ4n) is 3.12. The maximum absolute atomic E-state index is 12.4. The zero-order chi connectivity index (χ0) is 19.1. The first-order chi connectivity index (χ1) is 13.2. The van der Waals surface area contributed by atoms with Gasteiger partial charge in [-0.3, -0.25) is 19.6 Å². The van der Waals surface area contributed by atoms with E-state index in [1.54, 1.807) is 32.4 Å². The summed E-state index contributed by atoms with van der Waals surface area (Å²) in [5.74, 6) is 1.23. The van der Waals surface area contributed by atoms with Crippen molar-refractivity contribution in [2.75, 3.05) is 52.3 Å². The lowest BCUT2D eigenvalue weighted by Crippen LogP contribution is -2.48. The van der Waals surface area contributed by atoms with Gasteiger partial charge in [0.1, 0.15) is 11.5 Å². The molecule has 1 amide bonds. The van der Waals surface area contributed by atoms with Crippen LogP contribution in [0.1, 0.15) is 5.69 Å². The van der Waals surface area contributed by atoms with Crippen molar-refractivity contribution in [1.82, 2.24) is 14.8 Å². The van der Waals surface area contributed by atoms with Gasteiger partial charge in [-0.25, -0.2) is 0 Å². The summed E-state index contributed by atoms with van der Waals surface area (Å²) in [6.07, 6.45) is 1.82. The molecule has 27 heavy (non-hydrogen) atoms. The van der Waals surface area contributed by atoms with Crippen LogP contribution in [0.25, 0.3) is 0 Å². The number of nitrogens with zero attached hydrogens (tertiary/aromatic N) is 3. The summed E-state index contributed by atoms with van der Waals surface area (Å²) in [6, 6.07) is 11.3. The molecule has 1 saturated heterocycles. The van der Waals surface area contributed by atoms with Crippen LogP contribution in [-0.2, 0) is 11.3 Å². The number of carbonyl (C=O) groups excluding carboxylic acids is 1. The monoisotopic (exact) mass is 370 g/mol. The number of anilines is 1. The predicted molar refractivity (Wildman–Crippen MR) is 104 cm³/mol. The Labute approximate surface area is 159 Å². The molecule has 144 valence electrons. The number of amides is 1.